The molecule has 0 radical (unpaired) electrons. The first-order valence-corrected chi connectivity index (χ1v) is 21.4. The van der Waals surface area contributed by atoms with Crippen molar-refractivity contribution in [3.8, 4) is 0 Å². The maximum atomic E-state index is 16.0. The van der Waals surface area contributed by atoms with E-state index in [1.165, 1.54) is 26.2 Å². The van der Waals surface area contributed by atoms with Crippen molar-refractivity contribution < 1.29 is 77.5 Å². The van der Waals surface area contributed by atoms with Gasteiger partial charge in [-0.2, -0.15) is 0 Å². The zero-order valence-corrected chi connectivity index (χ0v) is 37.2. The first kappa shape index (κ1) is 48.7. The van der Waals surface area contributed by atoms with E-state index in [4.69, 9.17) is 37.9 Å². The Hall–Kier alpha value is -4.72. The number of esters is 3. The van der Waals surface area contributed by atoms with Gasteiger partial charge in [0.25, 0.3) is 0 Å². The summed E-state index contributed by atoms with van der Waals surface area (Å²) >= 11 is 0. The van der Waals surface area contributed by atoms with E-state index in [0.717, 1.165) is 0 Å². The summed E-state index contributed by atoms with van der Waals surface area (Å²) in [5, 5.41) is 47.9. The monoisotopic (exact) mass is 895 g/mol. The number of Topliss-reactive ketones (excluding diaryl/α,β-unsaturated/α-hetero) is 1. The highest BCUT2D eigenvalue weighted by atomic mass is 16.6. The second-order valence-corrected chi connectivity index (χ2v) is 17.5. The predicted octanol–water partition coefficient (Wildman–Crippen LogP) is 2.49. The van der Waals surface area contributed by atoms with Gasteiger partial charge < -0.3 is 63.6 Å². The summed E-state index contributed by atoms with van der Waals surface area (Å²) < 4.78 is 48.6. The Labute approximate surface area is 372 Å². The largest absolute Gasteiger partial charge is 0.477 e. The summed E-state index contributed by atoms with van der Waals surface area (Å²) in [6.45, 7) is 10.3. The van der Waals surface area contributed by atoms with E-state index in [1.807, 2.05) is 0 Å². The number of ether oxygens (including phenoxy) is 8. The van der Waals surface area contributed by atoms with Crippen LogP contribution < -0.4 is 5.32 Å². The number of hydrogen-bond donors (Lipinski definition) is 5. The number of carbonyl (C=O) groups is 4. The molecule has 3 aliphatic carbocycles. The van der Waals surface area contributed by atoms with Gasteiger partial charge in [-0.15, -0.1) is 0 Å². The number of nitrogens with one attached hydrogen (secondary N) is 1. The fourth-order valence-electron chi connectivity index (χ4n) is 10.3. The molecule has 1 aliphatic heterocycles. The third-order valence-corrected chi connectivity index (χ3v) is 13.5. The van der Waals surface area contributed by atoms with E-state index < -0.39 is 107 Å². The lowest BCUT2D eigenvalue weighted by Crippen LogP contribution is -2.82. The molecule has 17 nitrogen and oxygen atoms in total. The number of fused-ring (bicyclic) bond motifs is 5. The van der Waals surface area contributed by atoms with Crippen LogP contribution in [0.1, 0.15) is 69.4 Å². The fraction of sp³-hybridized carbons (Fsp3) is 0.574. The second kappa shape index (κ2) is 19.8. The molecule has 3 fully saturated rings. The minimum atomic E-state index is -2.28. The smallest absolute Gasteiger partial charge is 0.338 e. The Balaban J connectivity index is 1.56. The molecule has 350 valence electrons. The summed E-state index contributed by atoms with van der Waals surface area (Å²) in [5.74, 6) is -4.76. The Morgan fingerprint density at radius 1 is 0.938 bits per heavy atom. The minimum absolute atomic E-state index is 0.0161. The number of ketones is 1. The topological polar surface area (TPSA) is 235 Å². The van der Waals surface area contributed by atoms with Gasteiger partial charge in [-0.3, -0.25) is 9.59 Å². The quantitative estimate of drug-likeness (QED) is 0.0448. The zero-order valence-electron chi connectivity index (χ0n) is 37.2. The van der Waals surface area contributed by atoms with Gasteiger partial charge in [0.15, 0.2) is 23.4 Å². The molecule has 0 amide bonds. The number of methoxy groups -OCH3 is 1. The molecule has 2 aromatic rings. The van der Waals surface area contributed by atoms with Crippen molar-refractivity contribution in [1.82, 2.24) is 5.32 Å². The Kier molecular flexibility index (Phi) is 15.1. The van der Waals surface area contributed by atoms with Crippen LogP contribution in [0.25, 0.3) is 0 Å². The van der Waals surface area contributed by atoms with Crippen LogP contribution in [-0.4, -0.2) is 145 Å². The molecule has 2 bridgehead atoms. The van der Waals surface area contributed by atoms with Crippen LogP contribution in [0.4, 0.5) is 0 Å². The first-order valence-electron chi connectivity index (χ1n) is 21.4. The molecular weight excluding hydrogens is 835 g/mol. The van der Waals surface area contributed by atoms with Crippen molar-refractivity contribution in [2.45, 2.75) is 101 Å². The van der Waals surface area contributed by atoms with Crippen LogP contribution in [0.3, 0.4) is 0 Å². The maximum Gasteiger partial charge on any atom is 0.338 e. The summed E-state index contributed by atoms with van der Waals surface area (Å²) in [5.41, 5.74) is -6.19. The highest BCUT2D eigenvalue weighted by Gasteiger charge is 2.78. The van der Waals surface area contributed by atoms with Crippen LogP contribution >= 0.6 is 0 Å². The van der Waals surface area contributed by atoms with Crippen molar-refractivity contribution >= 4 is 23.7 Å². The average Bonchev–Trinajstić information content (AvgIpc) is 3.26. The number of aliphatic hydroxyl groups excluding tert-OH is 3. The minimum Gasteiger partial charge on any atom is -0.477 e. The molecule has 4 aliphatic rings. The maximum absolute atomic E-state index is 16.0. The Morgan fingerprint density at radius 2 is 1.59 bits per heavy atom. The van der Waals surface area contributed by atoms with Crippen LogP contribution in [0.5, 0.6) is 0 Å². The molecule has 64 heavy (non-hydrogen) atoms. The number of carbonyl (C=O) groups excluding carboxylic acids is 4. The third-order valence-electron chi connectivity index (χ3n) is 13.5. The molecule has 0 aromatic heterocycles. The standard InChI is InChI=1S/C47H61NO16/c1-27-32(62-43(55)37(52)36(30-14-10-8-11-15-30)48-28(2)58-20-18-49)25-47(56)41(63-42(54)31-16-12-9-13-17-31)39-45(6,40(53)38(60-23-22-57-7)35(27)44(47,4)5)33(59-21-19-50)24-34-46(39,26-61-34)64-29(3)51/h8-17,32-34,36-39,41,48-50,52,56H,2,18-26H2,1,3-7H3/t32-,33-,34+,36-,37+,38+,39?,41-,45+,46-,47+/m0/s1. The average molecular weight is 896 g/mol. The summed E-state index contributed by atoms with van der Waals surface area (Å²) in [4.78, 5) is 58.0. The molecule has 2 aromatic carbocycles. The van der Waals surface area contributed by atoms with E-state index in [0.29, 0.717) is 11.1 Å². The Bertz CT molecular complexity index is 2040. The van der Waals surface area contributed by atoms with Crippen LogP contribution in [0.2, 0.25) is 0 Å². The molecular formula is C47H61NO16. The predicted molar refractivity (Wildman–Crippen MR) is 226 cm³/mol. The van der Waals surface area contributed by atoms with E-state index in [2.05, 4.69) is 11.9 Å². The third kappa shape index (κ3) is 8.84. The van der Waals surface area contributed by atoms with Gasteiger partial charge in [-0.05, 0) is 49.3 Å². The van der Waals surface area contributed by atoms with Crippen LogP contribution in [0.15, 0.2) is 84.3 Å². The van der Waals surface area contributed by atoms with E-state index >= 15 is 4.79 Å². The SMILES string of the molecule is C=C(N[C@@H](c1ccccc1)[C@@H](O)C(=O)O[C@H]1C[C@@]2(O)[C@@H](OC(=O)c3ccccc3)C3[C@](C)(C(=O)[C@H](OCCOC)C(=C1C)C2(C)C)[C@@H](OCCO)C[C@H]1OC[C@@]31OC(C)=O)OCCO. The summed E-state index contributed by atoms with van der Waals surface area (Å²) in [7, 11) is 1.46. The normalized spacial score (nSPS) is 31.4. The number of rotatable bonds is 19. The van der Waals surface area contributed by atoms with Crippen molar-refractivity contribution in [3.05, 3.63) is 95.4 Å². The van der Waals surface area contributed by atoms with E-state index in [9.17, 15) is 34.8 Å². The Morgan fingerprint density at radius 3 is 2.19 bits per heavy atom. The van der Waals surface area contributed by atoms with Gasteiger partial charge >= 0.3 is 17.9 Å². The van der Waals surface area contributed by atoms with Gasteiger partial charge in [0.1, 0.15) is 36.6 Å². The summed E-state index contributed by atoms with van der Waals surface area (Å²) in [6, 6.07) is 15.4. The van der Waals surface area contributed by atoms with Crippen molar-refractivity contribution in [3.63, 3.8) is 0 Å². The lowest BCUT2D eigenvalue weighted by atomic mass is 9.44. The van der Waals surface area contributed by atoms with Crippen LogP contribution in [0, 0.1) is 16.7 Å². The molecule has 5 N–H and O–H groups in total. The van der Waals surface area contributed by atoms with Gasteiger partial charge in [-0.1, -0.05) is 62.4 Å². The van der Waals surface area contributed by atoms with Gasteiger partial charge in [0.05, 0.1) is 68.7 Å². The van der Waals surface area contributed by atoms with E-state index in [-0.39, 0.29) is 63.1 Å². The lowest BCUT2D eigenvalue weighted by Gasteiger charge is -2.68. The molecule has 1 unspecified atom stereocenters. The molecule has 2 saturated carbocycles. The molecule has 11 atom stereocenters. The van der Waals surface area contributed by atoms with Crippen molar-refractivity contribution in [1.29, 1.82) is 0 Å². The van der Waals surface area contributed by atoms with Gasteiger partial charge in [0, 0.05) is 32.3 Å². The number of hydrogen-bond acceptors (Lipinski definition) is 17. The molecule has 1 heterocycles. The van der Waals surface area contributed by atoms with Crippen LogP contribution in [-0.2, 0) is 52.3 Å². The van der Waals surface area contributed by atoms with Gasteiger partial charge in [-0.25, -0.2) is 9.59 Å². The lowest BCUT2D eigenvalue weighted by molar-refractivity contribution is -0.349. The second-order valence-electron chi connectivity index (χ2n) is 17.5. The molecule has 17 heteroatoms. The zero-order chi connectivity index (χ0) is 46.6. The van der Waals surface area contributed by atoms with Crippen molar-refractivity contribution in [2.75, 3.05) is 53.4 Å². The van der Waals surface area contributed by atoms with Gasteiger partial charge in [0.2, 0.25) is 0 Å². The fourth-order valence-corrected chi connectivity index (χ4v) is 10.3. The number of benzene rings is 2. The summed E-state index contributed by atoms with van der Waals surface area (Å²) in [6.07, 6.45) is -8.93. The molecule has 6 rings (SSSR count). The molecule has 0 spiro atoms. The highest BCUT2D eigenvalue weighted by molar-refractivity contribution is 5.94. The molecule has 1 saturated heterocycles. The highest BCUT2D eigenvalue weighted by Crippen LogP contribution is 2.65. The van der Waals surface area contributed by atoms with E-state index in [1.54, 1.807) is 76.2 Å². The first-order chi connectivity index (χ1) is 30.4. The van der Waals surface area contributed by atoms with Crippen molar-refractivity contribution in [2.24, 2.45) is 16.7 Å². The number of aliphatic hydroxyl groups is 4.